The molecule has 0 bridgehead atoms. The van der Waals surface area contributed by atoms with E-state index in [9.17, 15) is 0 Å². The molecule has 0 saturated heterocycles. The molecule has 0 amide bonds. The van der Waals surface area contributed by atoms with Gasteiger partial charge in [-0.05, 0) is 55.9 Å². The fourth-order valence-electron chi connectivity index (χ4n) is 2.76. The second-order valence-corrected chi connectivity index (χ2v) is 5.31. The minimum Gasteiger partial charge on any atom is -0.355 e. The highest BCUT2D eigenvalue weighted by Gasteiger charge is 2.13. The third kappa shape index (κ3) is 2.37. The molecule has 100 valence electrons. The fourth-order valence-corrected chi connectivity index (χ4v) is 2.76. The summed E-state index contributed by atoms with van der Waals surface area (Å²) in [6.07, 6.45) is 6.96. The van der Waals surface area contributed by atoms with Gasteiger partial charge in [-0.3, -0.25) is 4.57 Å². The monoisotopic (exact) mass is 255 g/mol. The molecule has 1 aromatic heterocycles. The van der Waals surface area contributed by atoms with Crippen molar-refractivity contribution in [3.8, 4) is 5.69 Å². The molecule has 3 nitrogen and oxygen atoms in total. The second kappa shape index (κ2) is 5.08. The van der Waals surface area contributed by atoms with Gasteiger partial charge in [-0.25, -0.2) is 4.98 Å². The molecule has 0 fully saturated rings. The smallest absolute Gasteiger partial charge is 0.207 e. The Morgan fingerprint density at radius 3 is 2.95 bits per heavy atom. The number of benzene rings is 1. The van der Waals surface area contributed by atoms with Crippen molar-refractivity contribution in [2.75, 3.05) is 11.9 Å². The first-order valence-corrected chi connectivity index (χ1v) is 7.20. The molecular formula is C16H21N3. The number of hydrogen-bond acceptors (Lipinski definition) is 2. The molecule has 0 aliphatic heterocycles. The fraction of sp³-hybridized carbons (Fsp3) is 0.438. The van der Waals surface area contributed by atoms with Gasteiger partial charge in [0.25, 0.3) is 0 Å². The van der Waals surface area contributed by atoms with E-state index in [1.165, 1.54) is 36.1 Å². The number of rotatable bonds is 4. The van der Waals surface area contributed by atoms with E-state index in [4.69, 9.17) is 0 Å². The number of nitrogens with zero attached hydrogens (tertiary/aromatic N) is 2. The lowest BCUT2D eigenvalue weighted by Gasteiger charge is -2.10. The zero-order chi connectivity index (χ0) is 13.2. The predicted octanol–water partition coefficient (Wildman–Crippen LogP) is 3.49. The Morgan fingerprint density at radius 1 is 1.26 bits per heavy atom. The SMILES string of the molecule is CCCNc1nc(C)cn1-c1ccc2c(c1)CCC2. The van der Waals surface area contributed by atoms with Crippen LogP contribution in [0.1, 0.15) is 36.6 Å². The van der Waals surface area contributed by atoms with Crippen LogP contribution in [0.25, 0.3) is 5.69 Å². The number of fused-ring (bicyclic) bond motifs is 1. The lowest BCUT2D eigenvalue weighted by atomic mass is 10.1. The average Bonchev–Trinajstić information content (AvgIpc) is 3.01. The molecule has 0 saturated carbocycles. The number of nitrogens with one attached hydrogen (secondary N) is 1. The molecule has 1 aliphatic carbocycles. The summed E-state index contributed by atoms with van der Waals surface area (Å²) in [5.74, 6) is 0.956. The van der Waals surface area contributed by atoms with E-state index >= 15 is 0 Å². The van der Waals surface area contributed by atoms with Crippen molar-refractivity contribution in [3.63, 3.8) is 0 Å². The molecule has 0 atom stereocenters. The first-order chi connectivity index (χ1) is 9.28. The van der Waals surface area contributed by atoms with Crippen molar-refractivity contribution in [2.45, 2.75) is 39.5 Å². The minimum absolute atomic E-state index is 0.956. The summed E-state index contributed by atoms with van der Waals surface area (Å²) in [6, 6.07) is 6.81. The Labute approximate surface area is 114 Å². The Hall–Kier alpha value is -1.77. The van der Waals surface area contributed by atoms with E-state index in [0.29, 0.717) is 0 Å². The zero-order valence-electron chi connectivity index (χ0n) is 11.7. The lowest BCUT2D eigenvalue weighted by molar-refractivity contribution is 0.911. The second-order valence-electron chi connectivity index (χ2n) is 5.31. The lowest BCUT2D eigenvalue weighted by Crippen LogP contribution is -2.06. The Bertz CT molecular complexity index is 584. The minimum atomic E-state index is 0.956. The Kier molecular flexibility index (Phi) is 3.28. The highest BCUT2D eigenvalue weighted by molar-refractivity contribution is 5.48. The molecule has 0 radical (unpaired) electrons. The Morgan fingerprint density at radius 2 is 2.11 bits per heavy atom. The predicted molar refractivity (Wildman–Crippen MR) is 79.1 cm³/mol. The number of anilines is 1. The van der Waals surface area contributed by atoms with Crippen molar-refractivity contribution >= 4 is 5.95 Å². The first kappa shape index (κ1) is 12.3. The standard InChI is InChI=1S/C16H21N3/c1-3-9-17-16-18-12(2)11-19(16)15-8-7-13-5-4-6-14(13)10-15/h7-8,10-11H,3-6,9H2,1-2H3,(H,17,18). The summed E-state index contributed by atoms with van der Waals surface area (Å²) in [6.45, 7) is 5.17. The molecule has 1 aliphatic rings. The van der Waals surface area contributed by atoms with Gasteiger partial charge in [-0.2, -0.15) is 0 Å². The normalized spacial score (nSPS) is 13.6. The first-order valence-electron chi connectivity index (χ1n) is 7.20. The molecule has 3 rings (SSSR count). The van der Waals surface area contributed by atoms with Crippen LogP contribution in [0.3, 0.4) is 0 Å². The average molecular weight is 255 g/mol. The van der Waals surface area contributed by atoms with Crippen LogP contribution in [-0.2, 0) is 12.8 Å². The van der Waals surface area contributed by atoms with Gasteiger partial charge in [-0.1, -0.05) is 13.0 Å². The Balaban J connectivity index is 1.97. The van der Waals surface area contributed by atoms with E-state index in [-0.39, 0.29) is 0 Å². The molecular weight excluding hydrogens is 234 g/mol. The van der Waals surface area contributed by atoms with Gasteiger partial charge in [0.05, 0.1) is 5.69 Å². The molecule has 19 heavy (non-hydrogen) atoms. The maximum atomic E-state index is 4.57. The summed E-state index contributed by atoms with van der Waals surface area (Å²) in [5, 5.41) is 3.40. The van der Waals surface area contributed by atoms with Gasteiger partial charge in [0.2, 0.25) is 5.95 Å². The van der Waals surface area contributed by atoms with E-state index in [1.807, 2.05) is 6.92 Å². The largest absolute Gasteiger partial charge is 0.355 e. The zero-order valence-corrected chi connectivity index (χ0v) is 11.7. The summed E-state index contributed by atoms with van der Waals surface area (Å²) in [7, 11) is 0. The van der Waals surface area contributed by atoms with Crippen LogP contribution in [0.2, 0.25) is 0 Å². The van der Waals surface area contributed by atoms with Crippen LogP contribution in [0, 0.1) is 6.92 Å². The molecule has 0 spiro atoms. The van der Waals surface area contributed by atoms with E-state index in [2.05, 4.69) is 46.2 Å². The highest BCUT2D eigenvalue weighted by atomic mass is 15.2. The molecule has 2 aromatic rings. The maximum Gasteiger partial charge on any atom is 0.207 e. The van der Waals surface area contributed by atoms with Crippen molar-refractivity contribution in [2.24, 2.45) is 0 Å². The van der Waals surface area contributed by atoms with E-state index in [1.54, 1.807) is 0 Å². The van der Waals surface area contributed by atoms with Gasteiger partial charge in [0.1, 0.15) is 0 Å². The number of hydrogen-bond donors (Lipinski definition) is 1. The van der Waals surface area contributed by atoms with Crippen LogP contribution in [0.4, 0.5) is 5.95 Å². The van der Waals surface area contributed by atoms with Crippen molar-refractivity contribution < 1.29 is 0 Å². The van der Waals surface area contributed by atoms with Gasteiger partial charge in [0.15, 0.2) is 0 Å². The summed E-state index contributed by atoms with van der Waals surface area (Å²) < 4.78 is 2.17. The highest BCUT2D eigenvalue weighted by Crippen LogP contribution is 2.26. The van der Waals surface area contributed by atoms with Crippen molar-refractivity contribution in [3.05, 3.63) is 41.2 Å². The molecule has 1 heterocycles. The van der Waals surface area contributed by atoms with Crippen LogP contribution in [-0.4, -0.2) is 16.1 Å². The van der Waals surface area contributed by atoms with Crippen LogP contribution < -0.4 is 5.32 Å². The molecule has 1 N–H and O–H groups in total. The van der Waals surface area contributed by atoms with Crippen LogP contribution >= 0.6 is 0 Å². The van der Waals surface area contributed by atoms with Crippen molar-refractivity contribution in [1.82, 2.24) is 9.55 Å². The number of aryl methyl sites for hydroxylation is 3. The number of aromatic nitrogens is 2. The van der Waals surface area contributed by atoms with E-state index in [0.717, 1.165) is 24.6 Å². The third-order valence-corrected chi connectivity index (χ3v) is 3.72. The van der Waals surface area contributed by atoms with E-state index < -0.39 is 0 Å². The van der Waals surface area contributed by atoms with Crippen LogP contribution in [0.15, 0.2) is 24.4 Å². The maximum absolute atomic E-state index is 4.57. The number of imidazole rings is 1. The summed E-state index contributed by atoms with van der Waals surface area (Å²) in [5.41, 5.74) is 5.30. The van der Waals surface area contributed by atoms with Gasteiger partial charge < -0.3 is 5.32 Å². The summed E-state index contributed by atoms with van der Waals surface area (Å²) >= 11 is 0. The molecule has 0 unspecified atom stereocenters. The van der Waals surface area contributed by atoms with Gasteiger partial charge in [0, 0.05) is 18.4 Å². The van der Waals surface area contributed by atoms with Gasteiger partial charge in [-0.15, -0.1) is 0 Å². The molecule has 3 heteroatoms. The van der Waals surface area contributed by atoms with Crippen LogP contribution in [0.5, 0.6) is 0 Å². The third-order valence-electron chi connectivity index (χ3n) is 3.72. The topological polar surface area (TPSA) is 29.9 Å². The summed E-state index contributed by atoms with van der Waals surface area (Å²) in [4.78, 5) is 4.57. The molecule has 1 aromatic carbocycles. The quantitative estimate of drug-likeness (QED) is 0.906. The van der Waals surface area contributed by atoms with Gasteiger partial charge >= 0.3 is 0 Å². The van der Waals surface area contributed by atoms with Crippen molar-refractivity contribution in [1.29, 1.82) is 0 Å².